The first-order chi connectivity index (χ1) is 15.4. The third-order valence-corrected chi connectivity index (χ3v) is 5.15. The molecule has 0 aromatic heterocycles. The molecule has 0 bridgehead atoms. The van der Waals surface area contributed by atoms with Crippen LogP contribution in [0.1, 0.15) is 84.4 Å². The molecule has 33 heavy (non-hydrogen) atoms. The largest absolute Gasteiger partial charge is 0.444 e. The van der Waals surface area contributed by atoms with Crippen LogP contribution in [0.2, 0.25) is 0 Å². The van der Waals surface area contributed by atoms with E-state index in [0.29, 0.717) is 13.0 Å². The molecule has 2 atom stereocenters. The molecule has 7 nitrogen and oxygen atoms in total. The van der Waals surface area contributed by atoms with Crippen LogP contribution in [0, 0.1) is 12.8 Å². The zero-order chi connectivity index (χ0) is 25.2. The molecular weight excluding hydrogens is 418 g/mol. The number of hydrogen-bond acceptors (Lipinski definition) is 4. The second kappa shape index (κ2) is 13.2. The van der Waals surface area contributed by atoms with Gasteiger partial charge in [-0.2, -0.15) is 0 Å². The number of benzene rings is 1. The maximum absolute atomic E-state index is 13.5. The summed E-state index contributed by atoms with van der Waals surface area (Å²) in [5.74, 6) is -0.404. The van der Waals surface area contributed by atoms with E-state index in [1.54, 1.807) is 27.8 Å². The molecule has 0 aliphatic rings. The molecule has 0 aliphatic carbocycles. The standard InChI is InChI=1S/C26H43N3O4/c1-9-10-11-16-27-23(30)22(20-14-12-19(4)13-15-20)29(8)24(31)21(17-18(2)3)28-25(32)33-26(5,6)7/h12-15,18,21-22H,9-11,16-17H2,1-8H3,(H,27,30)(H,28,32). The van der Waals surface area contributed by atoms with Crippen LogP contribution < -0.4 is 10.6 Å². The zero-order valence-electron chi connectivity index (χ0n) is 21.7. The van der Waals surface area contributed by atoms with Gasteiger partial charge in [0.15, 0.2) is 0 Å². The molecule has 3 amide bonds. The van der Waals surface area contributed by atoms with Crippen molar-refractivity contribution in [1.82, 2.24) is 15.5 Å². The number of unbranched alkanes of at least 4 members (excludes halogenated alkanes) is 2. The molecule has 1 aromatic rings. The maximum Gasteiger partial charge on any atom is 0.408 e. The second-order valence-corrected chi connectivity index (χ2v) is 10.1. The van der Waals surface area contributed by atoms with Crippen LogP contribution in [0.15, 0.2) is 24.3 Å². The third-order valence-electron chi connectivity index (χ3n) is 5.15. The Bertz CT molecular complexity index is 769. The Morgan fingerprint density at radius 2 is 1.67 bits per heavy atom. The van der Waals surface area contributed by atoms with E-state index < -0.39 is 23.8 Å². The van der Waals surface area contributed by atoms with Gasteiger partial charge in [-0.25, -0.2) is 4.79 Å². The van der Waals surface area contributed by atoms with E-state index in [1.165, 1.54) is 4.90 Å². The van der Waals surface area contributed by atoms with Gasteiger partial charge < -0.3 is 20.3 Å². The van der Waals surface area contributed by atoms with Crippen LogP contribution in [0.3, 0.4) is 0 Å². The maximum atomic E-state index is 13.5. The van der Waals surface area contributed by atoms with Crippen molar-refractivity contribution in [3.05, 3.63) is 35.4 Å². The van der Waals surface area contributed by atoms with Crippen molar-refractivity contribution >= 4 is 17.9 Å². The molecule has 1 rings (SSSR count). The van der Waals surface area contributed by atoms with Gasteiger partial charge in [0.05, 0.1) is 0 Å². The monoisotopic (exact) mass is 461 g/mol. The van der Waals surface area contributed by atoms with E-state index in [4.69, 9.17) is 4.74 Å². The normalized spacial score (nSPS) is 13.2. The lowest BCUT2D eigenvalue weighted by Crippen LogP contribution is -2.52. The van der Waals surface area contributed by atoms with Crippen LogP contribution in [0.5, 0.6) is 0 Å². The summed E-state index contributed by atoms with van der Waals surface area (Å²) in [7, 11) is 1.61. The molecule has 0 saturated heterocycles. The molecule has 2 unspecified atom stereocenters. The van der Waals surface area contributed by atoms with Crippen LogP contribution >= 0.6 is 0 Å². The highest BCUT2D eigenvalue weighted by Gasteiger charge is 2.34. The molecule has 0 spiro atoms. The van der Waals surface area contributed by atoms with Gasteiger partial charge in [0.1, 0.15) is 17.7 Å². The molecule has 0 fully saturated rings. The lowest BCUT2D eigenvalue weighted by molar-refractivity contribution is -0.141. The number of hydrogen-bond donors (Lipinski definition) is 2. The van der Waals surface area contributed by atoms with Crippen molar-refractivity contribution in [1.29, 1.82) is 0 Å². The fourth-order valence-corrected chi connectivity index (χ4v) is 3.50. The highest BCUT2D eigenvalue weighted by Crippen LogP contribution is 2.23. The minimum atomic E-state index is -0.800. The highest BCUT2D eigenvalue weighted by atomic mass is 16.6. The van der Waals surface area contributed by atoms with Crippen LogP contribution in [0.25, 0.3) is 0 Å². The SMILES string of the molecule is CCCCCNC(=O)C(c1ccc(C)cc1)N(C)C(=O)C(CC(C)C)NC(=O)OC(C)(C)C. The molecule has 0 saturated carbocycles. The Hall–Kier alpha value is -2.57. The Labute approximate surface area is 199 Å². The van der Waals surface area contributed by atoms with Gasteiger partial charge >= 0.3 is 6.09 Å². The first-order valence-corrected chi connectivity index (χ1v) is 12.0. The van der Waals surface area contributed by atoms with E-state index in [1.807, 2.05) is 45.0 Å². The quantitative estimate of drug-likeness (QED) is 0.466. The molecule has 7 heteroatoms. The van der Waals surface area contributed by atoms with Crippen molar-refractivity contribution < 1.29 is 19.1 Å². The number of carbonyl (C=O) groups is 3. The number of amides is 3. The van der Waals surface area contributed by atoms with Gasteiger partial charge in [0.25, 0.3) is 0 Å². The van der Waals surface area contributed by atoms with Crippen LogP contribution in [0.4, 0.5) is 4.79 Å². The summed E-state index contributed by atoms with van der Waals surface area (Å²) in [5, 5.41) is 5.69. The minimum absolute atomic E-state index is 0.156. The second-order valence-electron chi connectivity index (χ2n) is 10.1. The van der Waals surface area contributed by atoms with Gasteiger partial charge in [0, 0.05) is 13.6 Å². The van der Waals surface area contributed by atoms with E-state index in [0.717, 1.165) is 30.4 Å². The number of nitrogens with zero attached hydrogens (tertiary/aromatic N) is 1. The van der Waals surface area contributed by atoms with Crippen molar-refractivity contribution in [2.45, 2.75) is 91.8 Å². The van der Waals surface area contributed by atoms with Gasteiger partial charge in [-0.15, -0.1) is 0 Å². The minimum Gasteiger partial charge on any atom is -0.444 e. The van der Waals surface area contributed by atoms with Crippen molar-refractivity contribution in [3.63, 3.8) is 0 Å². The number of carbonyl (C=O) groups excluding carboxylic acids is 3. The van der Waals surface area contributed by atoms with E-state index in [-0.39, 0.29) is 17.7 Å². The van der Waals surface area contributed by atoms with Crippen LogP contribution in [-0.2, 0) is 14.3 Å². The van der Waals surface area contributed by atoms with E-state index in [9.17, 15) is 14.4 Å². The summed E-state index contributed by atoms with van der Waals surface area (Å²) in [6.07, 6.45) is 2.76. The van der Waals surface area contributed by atoms with Crippen molar-refractivity contribution in [2.75, 3.05) is 13.6 Å². The molecule has 0 aliphatic heterocycles. The Morgan fingerprint density at radius 1 is 1.06 bits per heavy atom. The number of nitrogens with one attached hydrogen (secondary N) is 2. The topological polar surface area (TPSA) is 87.7 Å². The number of alkyl carbamates (subject to hydrolysis) is 1. The summed E-state index contributed by atoms with van der Waals surface area (Å²) in [4.78, 5) is 40.5. The zero-order valence-corrected chi connectivity index (χ0v) is 21.7. The van der Waals surface area contributed by atoms with Crippen LogP contribution in [-0.4, -0.2) is 48.0 Å². The summed E-state index contributed by atoms with van der Waals surface area (Å²) in [6.45, 7) is 13.9. The van der Waals surface area contributed by atoms with Gasteiger partial charge in [-0.3, -0.25) is 9.59 Å². The molecule has 0 radical (unpaired) electrons. The number of likely N-dealkylation sites (N-methyl/N-ethyl adjacent to an activating group) is 1. The number of aryl methyl sites for hydroxylation is 1. The summed E-state index contributed by atoms with van der Waals surface area (Å²) in [6, 6.07) is 5.99. The predicted octanol–water partition coefficient (Wildman–Crippen LogP) is 4.74. The first-order valence-electron chi connectivity index (χ1n) is 12.0. The Balaban J connectivity index is 3.14. The predicted molar refractivity (Wildman–Crippen MR) is 132 cm³/mol. The van der Waals surface area contributed by atoms with Crippen molar-refractivity contribution in [2.24, 2.45) is 5.92 Å². The molecule has 0 heterocycles. The molecule has 186 valence electrons. The lowest BCUT2D eigenvalue weighted by Gasteiger charge is -2.32. The number of ether oxygens (including phenoxy) is 1. The van der Waals surface area contributed by atoms with E-state index >= 15 is 0 Å². The van der Waals surface area contributed by atoms with Crippen molar-refractivity contribution in [3.8, 4) is 0 Å². The summed E-state index contributed by atoms with van der Waals surface area (Å²) < 4.78 is 5.36. The average molecular weight is 462 g/mol. The Kier molecular flexibility index (Phi) is 11.4. The Morgan fingerprint density at radius 3 is 2.18 bits per heavy atom. The van der Waals surface area contributed by atoms with Gasteiger partial charge in [-0.1, -0.05) is 63.4 Å². The fraction of sp³-hybridized carbons (Fsp3) is 0.654. The third kappa shape index (κ3) is 10.3. The van der Waals surface area contributed by atoms with E-state index in [2.05, 4.69) is 17.6 Å². The fourth-order valence-electron chi connectivity index (χ4n) is 3.50. The summed E-state index contributed by atoms with van der Waals surface area (Å²) >= 11 is 0. The van der Waals surface area contributed by atoms with Gasteiger partial charge in [-0.05, 0) is 52.0 Å². The molecule has 2 N–H and O–H groups in total. The first kappa shape index (κ1) is 28.5. The van der Waals surface area contributed by atoms with Gasteiger partial charge in [0.2, 0.25) is 11.8 Å². The molecule has 1 aromatic carbocycles. The lowest BCUT2D eigenvalue weighted by atomic mass is 9.99. The highest BCUT2D eigenvalue weighted by molar-refractivity contribution is 5.92. The number of rotatable bonds is 11. The molecular formula is C26H43N3O4. The summed E-state index contributed by atoms with van der Waals surface area (Å²) in [5.41, 5.74) is 1.12. The average Bonchev–Trinajstić information content (AvgIpc) is 2.70. The smallest absolute Gasteiger partial charge is 0.408 e.